The first-order chi connectivity index (χ1) is 28.3. The van der Waals surface area contributed by atoms with Crippen LogP contribution in [0.3, 0.4) is 0 Å². The van der Waals surface area contributed by atoms with Gasteiger partial charge in [0.2, 0.25) is 0 Å². The molecule has 0 atom stereocenters. The maximum Gasteiger partial charge on any atom is 3.00 e. The van der Waals surface area contributed by atoms with E-state index in [-0.39, 0.29) is 140 Å². The summed E-state index contributed by atoms with van der Waals surface area (Å²) in [5.41, 5.74) is -2.15. The van der Waals surface area contributed by atoms with Gasteiger partial charge in [-0.1, -0.05) is 71.8 Å². The predicted octanol–water partition coefficient (Wildman–Crippen LogP) is -4.07. The van der Waals surface area contributed by atoms with Crippen LogP contribution in [0.25, 0.3) is 27.2 Å². The molecule has 0 aliphatic carbocycles. The normalized spacial score (nSPS) is 11.2. The fourth-order valence-electron chi connectivity index (χ4n) is 5.60. The number of benzene rings is 6. The van der Waals surface area contributed by atoms with Crippen molar-refractivity contribution in [2.45, 2.75) is 16.7 Å². The van der Waals surface area contributed by atoms with Crippen LogP contribution in [0.4, 0.5) is 34.1 Å². The zero-order chi connectivity index (χ0) is 43.7. The van der Waals surface area contributed by atoms with E-state index < -0.39 is 80.1 Å². The summed E-state index contributed by atoms with van der Waals surface area (Å²) < 4.78 is 69.5. The van der Waals surface area contributed by atoms with Crippen molar-refractivity contribution in [3.8, 4) is 28.8 Å². The topological polar surface area (TPSA) is 360 Å². The van der Waals surface area contributed by atoms with Crippen LogP contribution >= 0.6 is 0 Å². The standard InChI is InChI=1S/C20H13N3O7S.C16H13N5O7S.Cr.3Na/c24-16-8-5-11-3-1-2-4-13(11)19(16)21-22-20-14-7-6-12(23(26)27)9-15(14)18(10-17(20)25)31(28,29)30;1-9-14(16(23)20(19-9)10-5-3-2-4-6-10)18-17-12-7-11(21(24)25)8-13(15(12)22)29(26,27)28;;;;/h1-10,24-25H,(H,28,29,30);2-8,22-23H,1H3,(H,26,27,28);;;;/q;;+3;3*+1/p-6. The third-order valence-electron chi connectivity index (χ3n) is 8.36. The fourth-order valence-corrected chi connectivity index (χ4v) is 6.89. The molecular weight excluding hydrogens is 954 g/mol. The van der Waals surface area contributed by atoms with E-state index in [0.717, 1.165) is 22.9 Å². The Bertz CT molecular complexity index is 3200. The summed E-state index contributed by atoms with van der Waals surface area (Å²) in [6.07, 6.45) is 0. The van der Waals surface area contributed by atoms with Gasteiger partial charge in [-0.15, -0.1) is 5.11 Å². The molecule has 0 unspecified atom stereocenters. The molecule has 1 heterocycles. The minimum Gasteiger partial charge on any atom is -0.871 e. The van der Waals surface area contributed by atoms with Crippen molar-refractivity contribution < 1.29 is 162 Å². The number of aryl methyl sites for hydroxylation is 1. The number of nitrogens with zero attached hydrogens (tertiary/aromatic N) is 8. The Balaban J connectivity index is 0.000000415. The van der Waals surface area contributed by atoms with Crippen molar-refractivity contribution >= 4 is 75.9 Å². The van der Waals surface area contributed by atoms with Gasteiger partial charge in [0.25, 0.3) is 11.4 Å². The summed E-state index contributed by atoms with van der Waals surface area (Å²) in [7, 11) is -10.4. The first-order valence-electron chi connectivity index (χ1n) is 16.4. The predicted molar refractivity (Wildman–Crippen MR) is 198 cm³/mol. The molecule has 22 nitrogen and oxygen atoms in total. The number of aromatic nitrogens is 2. The molecule has 28 heteroatoms. The minimum atomic E-state index is -5.29. The molecule has 64 heavy (non-hydrogen) atoms. The largest absolute Gasteiger partial charge is 3.00 e. The van der Waals surface area contributed by atoms with Gasteiger partial charge in [-0.05, 0) is 36.6 Å². The van der Waals surface area contributed by atoms with Crippen molar-refractivity contribution in [3.63, 3.8) is 0 Å². The Kier molecular flexibility index (Phi) is 19.7. The van der Waals surface area contributed by atoms with Crippen molar-refractivity contribution in [2.24, 2.45) is 20.5 Å². The monoisotopic (exact) mass is 973 g/mol. The number of rotatable bonds is 9. The third kappa shape index (κ3) is 12.3. The van der Waals surface area contributed by atoms with Crippen LogP contribution in [-0.4, -0.2) is 45.6 Å². The smallest absolute Gasteiger partial charge is 0.871 e. The number of para-hydroxylation sites is 1. The number of hydrogen-bond donors (Lipinski definition) is 0. The zero-order valence-corrected chi connectivity index (χ0v) is 42.2. The summed E-state index contributed by atoms with van der Waals surface area (Å²) in [6.45, 7) is 1.45. The molecule has 0 saturated carbocycles. The van der Waals surface area contributed by atoms with Gasteiger partial charge in [0, 0.05) is 46.3 Å². The van der Waals surface area contributed by atoms with Gasteiger partial charge in [-0.3, -0.25) is 20.2 Å². The molecule has 1 aromatic heterocycles. The van der Waals surface area contributed by atoms with E-state index in [1.54, 1.807) is 60.7 Å². The molecule has 1 radical (unpaired) electrons. The van der Waals surface area contributed by atoms with E-state index in [9.17, 15) is 66.6 Å². The van der Waals surface area contributed by atoms with E-state index in [4.69, 9.17) is 0 Å². The van der Waals surface area contributed by atoms with Crippen LogP contribution < -0.4 is 109 Å². The van der Waals surface area contributed by atoms with Gasteiger partial charge >= 0.3 is 106 Å². The number of nitro groups is 2. The van der Waals surface area contributed by atoms with Crippen molar-refractivity contribution in [1.82, 2.24) is 9.78 Å². The maximum absolute atomic E-state index is 12.5. The molecule has 7 aromatic rings. The summed E-state index contributed by atoms with van der Waals surface area (Å²) >= 11 is 0. The molecule has 6 aromatic carbocycles. The van der Waals surface area contributed by atoms with E-state index in [2.05, 4.69) is 25.6 Å². The summed E-state index contributed by atoms with van der Waals surface area (Å²) in [5.74, 6) is -3.43. The zero-order valence-electron chi connectivity index (χ0n) is 33.3. The van der Waals surface area contributed by atoms with E-state index in [0.29, 0.717) is 34.7 Å². The molecule has 0 bridgehead atoms. The number of non-ortho nitro benzene ring substituents is 2. The van der Waals surface area contributed by atoms with Crippen LogP contribution in [0.1, 0.15) is 5.69 Å². The van der Waals surface area contributed by atoms with Crippen LogP contribution in [0.5, 0.6) is 23.1 Å². The number of nitro benzene ring substituents is 2. The molecule has 0 saturated heterocycles. The summed E-state index contributed by atoms with van der Waals surface area (Å²) in [5, 5.41) is 91.1. The fraction of sp³-hybridized carbons (Fsp3) is 0.0278. The molecule has 0 aliphatic heterocycles. The van der Waals surface area contributed by atoms with Gasteiger partial charge in [-0.25, -0.2) is 21.5 Å². The second kappa shape index (κ2) is 22.7. The number of fused-ring (bicyclic) bond motifs is 2. The van der Waals surface area contributed by atoms with E-state index in [1.165, 1.54) is 13.0 Å². The molecule has 0 spiro atoms. The first kappa shape index (κ1) is 55.7. The molecular formula is C36H20CrN8Na3O14S2. The Hall–Kier alpha value is -4.40. The average molecular weight is 974 g/mol. The van der Waals surface area contributed by atoms with Crippen LogP contribution in [0.15, 0.2) is 133 Å². The first-order valence-corrected chi connectivity index (χ1v) is 19.3. The third-order valence-corrected chi connectivity index (χ3v) is 10.1. The van der Waals surface area contributed by atoms with E-state index >= 15 is 0 Å². The molecule has 0 fully saturated rings. The maximum atomic E-state index is 12.5. The van der Waals surface area contributed by atoms with Crippen molar-refractivity contribution in [1.29, 1.82) is 0 Å². The number of azo groups is 2. The average Bonchev–Trinajstić information content (AvgIpc) is 3.48. The van der Waals surface area contributed by atoms with Crippen molar-refractivity contribution in [3.05, 3.63) is 129 Å². The van der Waals surface area contributed by atoms with Gasteiger partial charge < -0.3 is 29.5 Å². The Labute approximate surface area is 438 Å². The summed E-state index contributed by atoms with van der Waals surface area (Å²) in [4.78, 5) is 18.0. The summed E-state index contributed by atoms with van der Waals surface area (Å²) in [6, 6.07) is 22.7. The molecule has 0 amide bonds. The van der Waals surface area contributed by atoms with Gasteiger partial charge in [0.1, 0.15) is 25.9 Å². The quantitative estimate of drug-likeness (QED) is 0.0437. The minimum absolute atomic E-state index is 0. The van der Waals surface area contributed by atoms with Crippen LogP contribution in [0.2, 0.25) is 0 Å². The second-order valence-electron chi connectivity index (χ2n) is 12.2. The van der Waals surface area contributed by atoms with Gasteiger partial charge in [0.05, 0.1) is 48.1 Å². The Morgan fingerprint density at radius 2 is 1.14 bits per heavy atom. The second-order valence-corrected chi connectivity index (χ2v) is 14.9. The van der Waals surface area contributed by atoms with E-state index in [1.807, 2.05) is 0 Å². The number of hydrogen-bond acceptors (Lipinski definition) is 19. The Morgan fingerprint density at radius 1 is 0.578 bits per heavy atom. The molecule has 309 valence electrons. The molecule has 0 aliphatic rings. The molecule has 0 N–H and O–H groups in total. The Morgan fingerprint density at radius 3 is 1.73 bits per heavy atom. The van der Waals surface area contributed by atoms with Crippen LogP contribution in [-0.2, 0) is 37.6 Å². The van der Waals surface area contributed by atoms with Gasteiger partial charge in [-0.2, -0.15) is 20.4 Å². The van der Waals surface area contributed by atoms with Crippen molar-refractivity contribution in [2.75, 3.05) is 0 Å². The molecule has 7 rings (SSSR count). The van der Waals surface area contributed by atoms with Gasteiger partial charge in [0.15, 0.2) is 0 Å². The van der Waals surface area contributed by atoms with Crippen LogP contribution in [0, 0.1) is 27.2 Å². The SMILES string of the molecule is Cc1nn(-c2ccccc2)c([O-])c1N=Nc1cc([N+](=O)[O-])cc(S(=O)(=O)[O-])c1[O-].O=[N+]([O-])c1ccc2c(N=Nc3c([O-])ccc4ccccc34)c([O-])cc(S(=O)(=O)[O-])c2c1.[Cr+3].[Na+].[Na+].[Na+].